The molecule has 1 aliphatic rings. The van der Waals surface area contributed by atoms with E-state index in [2.05, 4.69) is 10.00 Å². The van der Waals surface area contributed by atoms with E-state index in [1.54, 1.807) is 30.5 Å². The minimum atomic E-state index is -3.21. The minimum absolute atomic E-state index is 0.274. The van der Waals surface area contributed by atoms with E-state index in [9.17, 15) is 13.5 Å². The van der Waals surface area contributed by atoms with Crippen LogP contribution in [-0.2, 0) is 16.4 Å². The molecule has 2 unspecified atom stereocenters. The Morgan fingerprint density at radius 1 is 1.33 bits per heavy atom. The number of β-amino-alcohol motifs (C(OH)–C–C–N with tert-alkyl or cyclic N) is 1. The van der Waals surface area contributed by atoms with Crippen LogP contribution >= 0.6 is 0 Å². The summed E-state index contributed by atoms with van der Waals surface area (Å²) in [5.74, 6) is 0. The number of nitrogens with zero attached hydrogens (tertiary/aromatic N) is 3. The molecule has 2 aromatic rings. The predicted octanol–water partition coefficient (Wildman–Crippen LogP) is 1.48. The number of hydrogen-bond acceptors (Lipinski definition) is 5. The summed E-state index contributed by atoms with van der Waals surface area (Å²) in [7, 11) is -3.21. The van der Waals surface area contributed by atoms with Gasteiger partial charge in [0.15, 0.2) is 9.84 Å². The second kappa shape index (κ2) is 7.04. The molecule has 6 nitrogen and oxygen atoms in total. The van der Waals surface area contributed by atoms with Crippen molar-refractivity contribution < 1.29 is 13.5 Å². The average Bonchev–Trinajstić information content (AvgIpc) is 3.20. The fraction of sp³-hybridized carbons (Fsp3) is 0.471. The first-order valence-corrected chi connectivity index (χ1v) is 10.0. The Morgan fingerprint density at radius 3 is 2.71 bits per heavy atom. The smallest absolute Gasteiger partial charge is 0.175 e. The zero-order valence-corrected chi connectivity index (χ0v) is 14.6. The number of sulfone groups is 1. The van der Waals surface area contributed by atoms with Crippen LogP contribution in [0.3, 0.4) is 0 Å². The van der Waals surface area contributed by atoms with Gasteiger partial charge in [0.1, 0.15) is 0 Å². The normalized spacial score (nSPS) is 20.3. The second-order valence-corrected chi connectivity index (χ2v) is 8.39. The highest BCUT2D eigenvalue weighted by atomic mass is 32.2. The van der Waals surface area contributed by atoms with Crippen molar-refractivity contribution in [3.63, 3.8) is 0 Å². The Morgan fingerprint density at radius 2 is 2.08 bits per heavy atom. The van der Waals surface area contributed by atoms with Gasteiger partial charge in [-0.25, -0.2) is 8.42 Å². The van der Waals surface area contributed by atoms with Crippen LogP contribution in [0, 0.1) is 0 Å². The van der Waals surface area contributed by atoms with E-state index in [4.69, 9.17) is 0 Å². The minimum Gasteiger partial charge on any atom is -0.387 e. The summed E-state index contributed by atoms with van der Waals surface area (Å²) in [5.41, 5.74) is 0.743. The number of aliphatic hydroxyl groups excluding tert-OH is 1. The van der Waals surface area contributed by atoms with Crippen LogP contribution in [0.5, 0.6) is 0 Å². The van der Waals surface area contributed by atoms with Crippen LogP contribution in [0.1, 0.15) is 24.5 Å². The Hall–Kier alpha value is -1.70. The quantitative estimate of drug-likeness (QED) is 0.855. The Kier molecular flexibility index (Phi) is 5.03. The van der Waals surface area contributed by atoms with Crippen molar-refractivity contribution in [2.24, 2.45) is 0 Å². The summed E-state index contributed by atoms with van der Waals surface area (Å²) in [6.07, 6.45) is 6.50. The number of likely N-dealkylation sites (tertiary alicyclic amines) is 1. The predicted molar refractivity (Wildman–Crippen MR) is 91.3 cm³/mol. The number of hydrogen-bond donors (Lipinski definition) is 1. The molecule has 0 amide bonds. The molecule has 1 aromatic heterocycles. The monoisotopic (exact) mass is 349 g/mol. The van der Waals surface area contributed by atoms with Gasteiger partial charge in [-0.05, 0) is 43.1 Å². The van der Waals surface area contributed by atoms with Crippen molar-refractivity contribution in [3.05, 3.63) is 48.3 Å². The van der Waals surface area contributed by atoms with E-state index in [0.29, 0.717) is 12.6 Å². The molecule has 0 aliphatic carbocycles. The molecule has 0 saturated carbocycles. The summed E-state index contributed by atoms with van der Waals surface area (Å²) in [6.45, 7) is 2.33. The molecule has 2 atom stereocenters. The van der Waals surface area contributed by atoms with Gasteiger partial charge in [-0.3, -0.25) is 9.58 Å². The highest BCUT2D eigenvalue weighted by Gasteiger charge is 2.27. The molecular formula is C17H23N3O3S. The van der Waals surface area contributed by atoms with Gasteiger partial charge in [-0.2, -0.15) is 5.10 Å². The molecule has 1 fully saturated rings. The van der Waals surface area contributed by atoms with Crippen molar-refractivity contribution in [2.75, 3.05) is 19.3 Å². The molecule has 0 spiro atoms. The Bertz CT molecular complexity index is 757. The molecule has 0 radical (unpaired) electrons. The molecule has 0 bridgehead atoms. The zero-order valence-electron chi connectivity index (χ0n) is 13.7. The third kappa shape index (κ3) is 4.03. The summed E-state index contributed by atoms with van der Waals surface area (Å²) in [5, 5.41) is 14.8. The van der Waals surface area contributed by atoms with Crippen molar-refractivity contribution >= 4 is 9.84 Å². The Balaban J connectivity index is 1.64. The van der Waals surface area contributed by atoms with Crippen LogP contribution in [0.4, 0.5) is 0 Å². The van der Waals surface area contributed by atoms with Crippen LogP contribution in [0.25, 0.3) is 0 Å². The maximum absolute atomic E-state index is 11.5. The van der Waals surface area contributed by atoms with Crippen LogP contribution in [-0.4, -0.2) is 53.6 Å². The standard InChI is InChI=1S/C17H23N3O3S/c1-24(22,23)16-7-5-14(6-8-16)17(21)13-19-10-2-4-15(19)12-20-11-3-9-18-20/h3,5-9,11,15,17,21H,2,4,10,12-13H2,1H3. The van der Waals surface area contributed by atoms with E-state index in [0.717, 1.165) is 31.5 Å². The summed E-state index contributed by atoms with van der Waals surface area (Å²) >= 11 is 0. The fourth-order valence-electron chi connectivity index (χ4n) is 3.23. The fourth-order valence-corrected chi connectivity index (χ4v) is 3.86. The van der Waals surface area contributed by atoms with Gasteiger partial charge in [0.05, 0.1) is 17.5 Å². The molecule has 2 heterocycles. The van der Waals surface area contributed by atoms with Crippen molar-refractivity contribution in [1.29, 1.82) is 0 Å². The van der Waals surface area contributed by atoms with Crippen LogP contribution in [0.15, 0.2) is 47.6 Å². The van der Waals surface area contributed by atoms with Gasteiger partial charge in [0.25, 0.3) is 0 Å². The largest absolute Gasteiger partial charge is 0.387 e. The number of aliphatic hydroxyl groups is 1. The highest BCUT2D eigenvalue weighted by molar-refractivity contribution is 7.90. The van der Waals surface area contributed by atoms with Gasteiger partial charge in [-0.15, -0.1) is 0 Å². The van der Waals surface area contributed by atoms with Crippen molar-refractivity contribution in [2.45, 2.75) is 36.4 Å². The molecule has 130 valence electrons. The van der Waals surface area contributed by atoms with Crippen LogP contribution in [0.2, 0.25) is 0 Å². The van der Waals surface area contributed by atoms with E-state index >= 15 is 0 Å². The van der Waals surface area contributed by atoms with E-state index < -0.39 is 15.9 Å². The number of aromatic nitrogens is 2. The molecule has 1 aromatic carbocycles. The zero-order chi connectivity index (χ0) is 17.2. The molecule has 24 heavy (non-hydrogen) atoms. The first kappa shape index (κ1) is 17.1. The highest BCUT2D eigenvalue weighted by Crippen LogP contribution is 2.24. The lowest BCUT2D eigenvalue weighted by atomic mass is 10.1. The Labute approximate surface area is 142 Å². The first-order chi connectivity index (χ1) is 11.4. The van der Waals surface area contributed by atoms with E-state index in [-0.39, 0.29) is 4.90 Å². The SMILES string of the molecule is CS(=O)(=O)c1ccc(C(O)CN2CCCC2Cn2cccn2)cc1. The molecule has 3 rings (SSSR count). The van der Waals surface area contributed by atoms with Gasteiger partial charge in [-0.1, -0.05) is 12.1 Å². The lowest BCUT2D eigenvalue weighted by Gasteiger charge is -2.27. The molecule has 1 N–H and O–H groups in total. The summed E-state index contributed by atoms with van der Waals surface area (Å²) in [6, 6.07) is 8.78. The third-order valence-corrected chi connectivity index (χ3v) is 5.69. The number of benzene rings is 1. The molecule has 1 saturated heterocycles. The summed E-state index contributed by atoms with van der Waals surface area (Å²) < 4.78 is 24.9. The molecule has 1 aliphatic heterocycles. The molecular weight excluding hydrogens is 326 g/mol. The summed E-state index contributed by atoms with van der Waals surface area (Å²) in [4.78, 5) is 2.56. The van der Waals surface area contributed by atoms with Gasteiger partial charge in [0, 0.05) is 31.2 Å². The van der Waals surface area contributed by atoms with E-state index in [1.807, 2.05) is 16.9 Å². The van der Waals surface area contributed by atoms with Gasteiger partial charge >= 0.3 is 0 Å². The topological polar surface area (TPSA) is 75.4 Å². The van der Waals surface area contributed by atoms with Gasteiger partial charge < -0.3 is 5.11 Å². The maximum Gasteiger partial charge on any atom is 0.175 e. The van der Waals surface area contributed by atoms with Crippen LogP contribution < -0.4 is 0 Å². The van der Waals surface area contributed by atoms with Crippen molar-refractivity contribution in [3.8, 4) is 0 Å². The lowest BCUT2D eigenvalue weighted by Crippen LogP contribution is -2.36. The molecule has 7 heteroatoms. The number of rotatable bonds is 6. The van der Waals surface area contributed by atoms with Crippen molar-refractivity contribution in [1.82, 2.24) is 14.7 Å². The second-order valence-electron chi connectivity index (χ2n) is 6.38. The lowest BCUT2D eigenvalue weighted by molar-refractivity contribution is 0.100. The van der Waals surface area contributed by atoms with E-state index in [1.165, 1.54) is 6.26 Å². The maximum atomic E-state index is 11.5. The average molecular weight is 349 g/mol. The third-order valence-electron chi connectivity index (χ3n) is 4.56. The van der Waals surface area contributed by atoms with Gasteiger partial charge in [0.2, 0.25) is 0 Å². The first-order valence-electron chi connectivity index (χ1n) is 8.13.